The summed E-state index contributed by atoms with van der Waals surface area (Å²) in [7, 11) is 0. The molecule has 0 atom stereocenters. The molecule has 0 unspecified atom stereocenters. The molecule has 3 N–H and O–H groups in total. The molecule has 0 rings (SSSR count). The number of rotatable bonds is 0. The van der Waals surface area contributed by atoms with Gasteiger partial charge in [-0.15, -0.1) is 0 Å². The van der Waals surface area contributed by atoms with E-state index in [1.165, 1.54) is 0 Å². The van der Waals surface area contributed by atoms with Crippen molar-refractivity contribution >= 4 is 11.9 Å². The average molecular weight is 285 g/mol. The Labute approximate surface area is 84.3 Å². The fourth-order valence-electron chi connectivity index (χ4n) is 0.0504. The first-order valence-electron chi connectivity index (χ1n) is 1.99. The minimum absolute atomic E-state index is 0. The molecule has 0 amide bonds. The van der Waals surface area contributed by atoms with Gasteiger partial charge >= 0.3 is 58.5 Å². The van der Waals surface area contributed by atoms with Crippen molar-refractivity contribution in [2.45, 2.75) is 0 Å². The third kappa shape index (κ3) is 34.4. The van der Waals surface area contributed by atoms with Crippen molar-refractivity contribution in [2.75, 3.05) is 0 Å². The summed E-state index contributed by atoms with van der Waals surface area (Å²) >= 11 is -5.75. The van der Waals surface area contributed by atoms with Crippen LogP contribution in [0.3, 0.4) is 0 Å². The zero-order valence-corrected chi connectivity index (χ0v) is 7.81. The van der Waals surface area contributed by atoms with Gasteiger partial charge in [0.2, 0.25) is 0 Å². The SMILES string of the molecule is NOC(=O)C(=O)O.[Cu+2].[O]=[Cr](=[O])([O-])[O-]. The van der Waals surface area contributed by atoms with Crippen LogP contribution in [0, 0.1) is 0 Å². The molecule has 13 heavy (non-hydrogen) atoms. The van der Waals surface area contributed by atoms with Gasteiger partial charge in [0.1, 0.15) is 0 Å². The maximum atomic E-state index is 9.56. The van der Waals surface area contributed by atoms with E-state index in [9.17, 15) is 9.59 Å². The van der Waals surface area contributed by atoms with Gasteiger partial charge in [0.15, 0.2) is 0 Å². The molecule has 11 heteroatoms. The van der Waals surface area contributed by atoms with E-state index < -0.39 is 25.6 Å². The number of carboxylic acids is 1. The molecule has 1 radical (unpaired) electrons. The quantitative estimate of drug-likeness (QED) is 0.254. The molecule has 0 aliphatic heterocycles. The summed E-state index contributed by atoms with van der Waals surface area (Å²) in [6.07, 6.45) is 0. The molecule has 9 nitrogen and oxygen atoms in total. The molecule has 0 aliphatic carbocycles. The maximum absolute atomic E-state index is 9.56. The van der Waals surface area contributed by atoms with E-state index in [2.05, 4.69) is 10.7 Å². The average Bonchev–Trinajstić information content (AvgIpc) is 1.82. The van der Waals surface area contributed by atoms with E-state index in [1.54, 1.807) is 0 Å². The van der Waals surface area contributed by atoms with Crippen LogP contribution in [0.5, 0.6) is 0 Å². The molecule has 0 aromatic heterocycles. The van der Waals surface area contributed by atoms with E-state index >= 15 is 0 Å². The number of carboxylic acid groups (broad SMARTS) is 1. The fourth-order valence-corrected chi connectivity index (χ4v) is 0.0504. The van der Waals surface area contributed by atoms with Crippen molar-refractivity contribution in [3.8, 4) is 0 Å². The third-order valence-electron chi connectivity index (χ3n) is 0.282. The summed E-state index contributed by atoms with van der Waals surface area (Å²) in [6, 6.07) is 0. The van der Waals surface area contributed by atoms with Crippen LogP contribution in [0.1, 0.15) is 0 Å². The van der Waals surface area contributed by atoms with Gasteiger partial charge in [-0.05, 0) is 0 Å². The van der Waals surface area contributed by atoms with Crippen molar-refractivity contribution in [2.24, 2.45) is 5.90 Å². The Morgan fingerprint density at radius 3 is 1.54 bits per heavy atom. The molecule has 0 saturated heterocycles. The summed E-state index contributed by atoms with van der Waals surface area (Å²) in [5, 5.41) is 7.63. The van der Waals surface area contributed by atoms with Crippen molar-refractivity contribution in [3.05, 3.63) is 0 Å². The van der Waals surface area contributed by atoms with E-state index in [1.807, 2.05) is 0 Å². The number of hydrogen-bond donors (Lipinski definition) is 2. The molecule has 0 heterocycles. The second-order valence-corrected chi connectivity index (χ2v) is 2.39. The zero-order chi connectivity index (χ0) is 10.4. The molecule has 0 saturated carbocycles. The summed E-state index contributed by atoms with van der Waals surface area (Å²) in [6.45, 7) is 0. The van der Waals surface area contributed by atoms with Gasteiger partial charge < -0.3 is 9.94 Å². The predicted octanol–water partition coefficient (Wildman–Crippen LogP) is -4.13. The Kier molecular flexibility index (Phi) is 11.4. The molecule has 0 aromatic rings. The number of nitrogens with two attached hydrogens (primary N) is 1. The van der Waals surface area contributed by atoms with Gasteiger partial charge in [-0.1, -0.05) is 0 Å². The normalized spacial score (nSPS) is 8.54. The van der Waals surface area contributed by atoms with Crippen molar-refractivity contribution < 1.29 is 66.1 Å². The topological polar surface area (TPSA) is 170 Å². The molecule has 0 bridgehead atoms. The van der Waals surface area contributed by atoms with Crippen LogP contribution >= 0.6 is 0 Å². The summed E-state index contributed by atoms with van der Waals surface area (Å²) in [5.41, 5.74) is 0. The van der Waals surface area contributed by atoms with Crippen LogP contribution in [0.15, 0.2) is 0 Å². The first-order valence-corrected chi connectivity index (χ1v) is 4.07. The second-order valence-electron chi connectivity index (χ2n) is 1.12. The van der Waals surface area contributed by atoms with Crippen LogP contribution in [-0.4, -0.2) is 17.0 Å². The van der Waals surface area contributed by atoms with E-state index in [4.69, 9.17) is 21.0 Å². The molecule has 0 spiro atoms. The summed E-state index contributed by atoms with van der Waals surface area (Å²) in [4.78, 5) is 22.2. The van der Waals surface area contributed by atoms with Gasteiger partial charge in [-0.3, -0.25) is 0 Å². The van der Waals surface area contributed by atoms with Crippen molar-refractivity contribution in [1.29, 1.82) is 0 Å². The van der Waals surface area contributed by atoms with E-state index in [0.717, 1.165) is 0 Å². The second kappa shape index (κ2) is 8.09. The summed E-state index contributed by atoms with van der Waals surface area (Å²) < 4.78 is 34.4. The van der Waals surface area contributed by atoms with Crippen LogP contribution in [-0.2, 0) is 52.7 Å². The van der Waals surface area contributed by atoms with Crippen molar-refractivity contribution in [3.63, 3.8) is 0 Å². The molecule has 0 fully saturated rings. The Morgan fingerprint density at radius 1 is 1.31 bits per heavy atom. The van der Waals surface area contributed by atoms with Crippen LogP contribution in [0.25, 0.3) is 0 Å². The predicted molar refractivity (Wildman–Crippen MR) is 19.3 cm³/mol. The Bertz CT molecular complexity index is 249. The molecule has 0 aliphatic rings. The minimum atomic E-state index is -5.75. The van der Waals surface area contributed by atoms with Gasteiger partial charge in [0, 0.05) is 0 Å². The van der Waals surface area contributed by atoms with Gasteiger partial charge in [-0.25, -0.2) is 9.59 Å². The van der Waals surface area contributed by atoms with Gasteiger partial charge in [-0.2, -0.15) is 5.90 Å². The van der Waals surface area contributed by atoms with Crippen LogP contribution in [0.2, 0.25) is 0 Å². The first-order chi connectivity index (χ1) is 5.18. The first kappa shape index (κ1) is 18.3. The van der Waals surface area contributed by atoms with Crippen molar-refractivity contribution in [1.82, 2.24) is 0 Å². The van der Waals surface area contributed by atoms with Gasteiger partial charge in [0.25, 0.3) is 0 Å². The standard InChI is InChI=1S/C2H3NO4.Cr.Cu.4O/c3-7-2(6)1(4)5;;;;;;/h3H2,(H,4,5);;;;;;/q;;+2;;;2*-1. The number of hydrogen-bond acceptors (Lipinski definition) is 8. The Balaban J connectivity index is -0.000000150. The number of aliphatic carboxylic acids is 1. The monoisotopic (exact) mass is 284 g/mol. The van der Waals surface area contributed by atoms with Crippen LogP contribution in [0.4, 0.5) is 0 Å². The van der Waals surface area contributed by atoms with E-state index in [0.29, 0.717) is 0 Å². The van der Waals surface area contributed by atoms with E-state index in [-0.39, 0.29) is 17.1 Å². The molecular weight excluding hydrogens is 282 g/mol. The number of carbonyl (C=O) groups excluding carboxylic acids is 1. The Hall–Kier alpha value is -0.528. The molecule has 0 aromatic carbocycles. The van der Waals surface area contributed by atoms with Crippen LogP contribution < -0.4 is 14.2 Å². The summed E-state index contributed by atoms with van der Waals surface area (Å²) in [5.74, 6) is 0.992. The zero-order valence-electron chi connectivity index (χ0n) is 5.59. The third-order valence-corrected chi connectivity index (χ3v) is 0.282. The Morgan fingerprint density at radius 2 is 1.54 bits per heavy atom. The van der Waals surface area contributed by atoms with Gasteiger partial charge in [0.05, 0.1) is 0 Å². The fraction of sp³-hybridized carbons (Fsp3) is 0. The number of carbonyl (C=O) groups is 2. The molecular formula is C2H3CrCuNO8. The molecule has 81 valence electrons.